The van der Waals surface area contributed by atoms with E-state index in [2.05, 4.69) is 19.2 Å². The Balaban J connectivity index is 2.81. The number of rotatable bonds is 5. The van der Waals surface area contributed by atoms with Crippen molar-refractivity contribution in [1.29, 1.82) is 0 Å². The van der Waals surface area contributed by atoms with Gasteiger partial charge in [-0.25, -0.2) is 4.39 Å². The lowest BCUT2D eigenvalue weighted by Gasteiger charge is -2.23. The minimum absolute atomic E-state index is 0.126. The Labute approximate surface area is 96.8 Å². The maximum Gasteiger partial charge on any atom is 0.149 e. The third-order valence-corrected chi connectivity index (χ3v) is 2.68. The number of aryl methyl sites for hydroxylation is 1. The summed E-state index contributed by atoms with van der Waals surface area (Å²) in [6.07, 6.45) is 0. The highest BCUT2D eigenvalue weighted by Crippen LogP contribution is 2.19. The molecule has 0 radical (unpaired) electrons. The van der Waals surface area contributed by atoms with Crippen molar-refractivity contribution in [2.75, 3.05) is 19.0 Å². The van der Waals surface area contributed by atoms with Crippen LogP contribution >= 0.6 is 0 Å². The average molecular weight is 225 g/mol. The van der Waals surface area contributed by atoms with Crippen LogP contribution in [0.4, 0.5) is 10.1 Å². The molecule has 1 rings (SSSR count). The third kappa shape index (κ3) is 3.20. The van der Waals surface area contributed by atoms with Gasteiger partial charge in [-0.1, -0.05) is 26.0 Å². The third-order valence-electron chi connectivity index (χ3n) is 2.68. The second-order valence-electron chi connectivity index (χ2n) is 4.39. The zero-order chi connectivity index (χ0) is 12.1. The lowest BCUT2D eigenvalue weighted by atomic mass is 10.0. The van der Waals surface area contributed by atoms with E-state index in [9.17, 15) is 4.39 Å². The molecule has 0 aromatic heterocycles. The molecule has 2 nitrogen and oxygen atoms in total. The van der Waals surface area contributed by atoms with Crippen LogP contribution in [0.5, 0.6) is 0 Å². The van der Waals surface area contributed by atoms with Crippen molar-refractivity contribution in [3.8, 4) is 0 Å². The van der Waals surface area contributed by atoms with Crippen LogP contribution in [0.25, 0.3) is 0 Å². The van der Waals surface area contributed by atoms with Crippen molar-refractivity contribution in [3.05, 3.63) is 29.6 Å². The number of halogens is 1. The fourth-order valence-electron chi connectivity index (χ4n) is 1.54. The van der Waals surface area contributed by atoms with E-state index in [0.29, 0.717) is 23.8 Å². The SMILES string of the molecule is COCC(Nc1cccc(C)c1F)C(C)C. The van der Waals surface area contributed by atoms with Gasteiger partial charge in [0.15, 0.2) is 0 Å². The Bertz CT molecular complexity index is 339. The maximum absolute atomic E-state index is 13.8. The second kappa shape index (κ2) is 5.85. The molecular formula is C13H20FNO. The van der Waals surface area contributed by atoms with Gasteiger partial charge in [0.05, 0.1) is 18.3 Å². The molecule has 0 aliphatic heterocycles. The Hall–Kier alpha value is -1.09. The summed E-state index contributed by atoms with van der Waals surface area (Å²) in [6.45, 7) is 6.51. The van der Waals surface area contributed by atoms with Gasteiger partial charge in [-0.3, -0.25) is 0 Å². The van der Waals surface area contributed by atoms with Gasteiger partial charge >= 0.3 is 0 Å². The minimum Gasteiger partial charge on any atom is -0.383 e. The molecule has 16 heavy (non-hydrogen) atoms. The summed E-state index contributed by atoms with van der Waals surface area (Å²) in [6, 6.07) is 5.50. The molecule has 0 spiro atoms. The van der Waals surface area contributed by atoms with Gasteiger partial charge in [0.1, 0.15) is 5.82 Å². The predicted octanol–water partition coefficient (Wildman–Crippen LogP) is 3.22. The zero-order valence-corrected chi connectivity index (χ0v) is 10.4. The topological polar surface area (TPSA) is 21.3 Å². The van der Waals surface area contributed by atoms with Crippen LogP contribution in [0, 0.1) is 18.7 Å². The molecule has 90 valence electrons. The lowest BCUT2D eigenvalue weighted by Crippen LogP contribution is -2.30. The van der Waals surface area contributed by atoms with Crippen molar-refractivity contribution in [3.63, 3.8) is 0 Å². The van der Waals surface area contributed by atoms with E-state index in [1.807, 2.05) is 6.07 Å². The molecule has 0 heterocycles. The number of anilines is 1. The Kier molecular flexibility index (Phi) is 4.74. The molecule has 0 aliphatic carbocycles. The van der Waals surface area contributed by atoms with Crippen LogP contribution in [-0.2, 0) is 4.74 Å². The first-order valence-electron chi connectivity index (χ1n) is 5.56. The van der Waals surface area contributed by atoms with Gasteiger partial charge < -0.3 is 10.1 Å². The summed E-state index contributed by atoms with van der Waals surface area (Å²) in [5.41, 5.74) is 1.21. The van der Waals surface area contributed by atoms with E-state index < -0.39 is 0 Å². The maximum atomic E-state index is 13.8. The lowest BCUT2D eigenvalue weighted by molar-refractivity contribution is 0.171. The highest BCUT2D eigenvalue weighted by atomic mass is 19.1. The molecule has 0 aliphatic rings. The number of nitrogens with one attached hydrogen (secondary N) is 1. The first-order chi connectivity index (χ1) is 7.56. The molecule has 1 atom stereocenters. The quantitative estimate of drug-likeness (QED) is 0.830. The highest BCUT2D eigenvalue weighted by molar-refractivity contribution is 5.48. The Morgan fingerprint density at radius 1 is 1.38 bits per heavy atom. The minimum atomic E-state index is -0.177. The molecular weight excluding hydrogens is 205 g/mol. The van der Waals surface area contributed by atoms with Crippen molar-refractivity contribution >= 4 is 5.69 Å². The van der Waals surface area contributed by atoms with Crippen LogP contribution in [0.15, 0.2) is 18.2 Å². The van der Waals surface area contributed by atoms with E-state index in [0.717, 1.165) is 0 Å². The number of ether oxygens (including phenoxy) is 1. The van der Waals surface area contributed by atoms with E-state index in [4.69, 9.17) is 4.74 Å². The summed E-state index contributed by atoms with van der Waals surface area (Å²) in [7, 11) is 1.66. The van der Waals surface area contributed by atoms with Crippen molar-refractivity contribution in [1.82, 2.24) is 0 Å². The van der Waals surface area contributed by atoms with Crippen molar-refractivity contribution in [2.24, 2.45) is 5.92 Å². The summed E-state index contributed by atoms with van der Waals surface area (Å²) < 4.78 is 18.9. The van der Waals surface area contributed by atoms with E-state index in [1.165, 1.54) is 0 Å². The summed E-state index contributed by atoms with van der Waals surface area (Å²) in [5.74, 6) is 0.212. The van der Waals surface area contributed by atoms with E-state index >= 15 is 0 Å². The second-order valence-corrected chi connectivity index (χ2v) is 4.39. The smallest absolute Gasteiger partial charge is 0.149 e. The van der Waals surface area contributed by atoms with Gasteiger partial charge in [0.25, 0.3) is 0 Å². The largest absolute Gasteiger partial charge is 0.383 e. The summed E-state index contributed by atoms with van der Waals surface area (Å²) in [5, 5.41) is 3.19. The molecule has 3 heteroatoms. The van der Waals surface area contributed by atoms with Gasteiger partial charge in [0, 0.05) is 7.11 Å². The van der Waals surface area contributed by atoms with Gasteiger partial charge in [-0.2, -0.15) is 0 Å². The van der Waals surface area contributed by atoms with Gasteiger partial charge in [-0.15, -0.1) is 0 Å². The fourth-order valence-corrected chi connectivity index (χ4v) is 1.54. The van der Waals surface area contributed by atoms with Crippen LogP contribution < -0.4 is 5.32 Å². The summed E-state index contributed by atoms with van der Waals surface area (Å²) in [4.78, 5) is 0. The predicted molar refractivity (Wildman–Crippen MR) is 65.3 cm³/mol. The highest BCUT2D eigenvalue weighted by Gasteiger charge is 2.15. The van der Waals surface area contributed by atoms with Gasteiger partial charge in [-0.05, 0) is 24.5 Å². The number of hydrogen-bond acceptors (Lipinski definition) is 2. The molecule has 1 aromatic carbocycles. The van der Waals surface area contributed by atoms with Crippen LogP contribution in [0.1, 0.15) is 19.4 Å². The molecule has 0 saturated carbocycles. The number of benzene rings is 1. The molecule has 1 N–H and O–H groups in total. The van der Waals surface area contributed by atoms with Crippen LogP contribution in [0.3, 0.4) is 0 Å². The van der Waals surface area contributed by atoms with E-state index in [1.54, 1.807) is 26.2 Å². The number of hydrogen-bond donors (Lipinski definition) is 1. The normalized spacial score (nSPS) is 12.9. The monoisotopic (exact) mass is 225 g/mol. The van der Waals surface area contributed by atoms with Crippen LogP contribution in [-0.4, -0.2) is 19.8 Å². The first-order valence-corrected chi connectivity index (χ1v) is 5.56. The summed E-state index contributed by atoms with van der Waals surface area (Å²) >= 11 is 0. The first kappa shape index (κ1) is 13.0. The van der Waals surface area contributed by atoms with Crippen LogP contribution in [0.2, 0.25) is 0 Å². The Morgan fingerprint density at radius 2 is 2.06 bits per heavy atom. The zero-order valence-electron chi connectivity index (χ0n) is 10.4. The molecule has 0 amide bonds. The molecule has 1 unspecified atom stereocenters. The molecule has 1 aromatic rings. The Morgan fingerprint density at radius 3 is 2.62 bits per heavy atom. The fraction of sp³-hybridized carbons (Fsp3) is 0.538. The van der Waals surface area contributed by atoms with Crippen molar-refractivity contribution in [2.45, 2.75) is 26.8 Å². The van der Waals surface area contributed by atoms with Gasteiger partial charge in [0.2, 0.25) is 0 Å². The average Bonchev–Trinajstić information content (AvgIpc) is 2.23. The molecule has 0 bridgehead atoms. The molecule has 0 saturated heterocycles. The van der Waals surface area contributed by atoms with Crippen molar-refractivity contribution < 1.29 is 9.13 Å². The molecule has 0 fully saturated rings. The standard InChI is InChI=1S/C13H20FNO/c1-9(2)12(8-16-4)15-11-7-5-6-10(3)13(11)14/h5-7,9,12,15H,8H2,1-4H3. The van der Waals surface area contributed by atoms with E-state index in [-0.39, 0.29) is 11.9 Å². The number of methoxy groups -OCH3 is 1.